The number of H-pyrrole nitrogens is 1. The number of hydrogen-bond donors (Lipinski definition) is 1. The minimum Gasteiger partial charge on any atom is -0.306 e. The highest BCUT2D eigenvalue weighted by molar-refractivity contribution is 9.10. The van der Waals surface area contributed by atoms with E-state index in [0.717, 1.165) is 46.5 Å². The molecule has 1 N–H and O–H groups in total. The lowest BCUT2D eigenvalue weighted by Gasteiger charge is -2.27. The van der Waals surface area contributed by atoms with Gasteiger partial charge in [0.25, 0.3) is 5.56 Å². The van der Waals surface area contributed by atoms with Gasteiger partial charge in [-0.15, -0.1) is 0 Å². The number of nitrogens with one attached hydrogen (secondary N) is 1. The summed E-state index contributed by atoms with van der Waals surface area (Å²) in [4.78, 5) is 30.6. The van der Waals surface area contributed by atoms with Gasteiger partial charge in [-0.25, -0.2) is 9.97 Å². The molecule has 126 valence electrons. The lowest BCUT2D eigenvalue weighted by molar-refractivity contribution is 0.241. The number of nitrogens with zero attached hydrogens (tertiary/aromatic N) is 4. The van der Waals surface area contributed by atoms with Gasteiger partial charge in [0.2, 0.25) is 0 Å². The largest absolute Gasteiger partial charge is 0.306 e. The molecule has 7 heteroatoms. The molecule has 0 unspecified atom stereocenters. The Labute approximate surface area is 153 Å². The molecule has 0 fully saturated rings. The molecule has 0 amide bonds. The molecule has 0 atom stereocenters. The minimum absolute atomic E-state index is 0.0598. The van der Waals surface area contributed by atoms with Gasteiger partial charge in [0.05, 0.1) is 11.3 Å². The molecule has 0 spiro atoms. The molecule has 3 aromatic heterocycles. The van der Waals surface area contributed by atoms with Crippen LogP contribution in [0.15, 0.2) is 52.3 Å². The molecule has 1 aliphatic rings. The molecule has 0 aromatic carbocycles. The predicted molar refractivity (Wildman–Crippen MR) is 97.8 cm³/mol. The van der Waals surface area contributed by atoms with Crippen molar-refractivity contribution in [2.75, 3.05) is 6.54 Å². The van der Waals surface area contributed by atoms with Crippen molar-refractivity contribution in [3.05, 3.63) is 74.6 Å². The Morgan fingerprint density at radius 3 is 2.80 bits per heavy atom. The minimum atomic E-state index is -0.0598. The van der Waals surface area contributed by atoms with E-state index in [4.69, 9.17) is 0 Å². The van der Waals surface area contributed by atoms with Crippen molar-refractivity contribution in [1.29, 1.82) is 0 Å². The van der Waals surface area contributed by atoms with Crippen molar-refractivity contribution in [2.24, 2.45) is 0 Å². The molecular formula is C18H16BrN5O. The number of fused-ring (bicyclic) bond motifs is 1. The van der Waals surface area contributed by atoms with Crippen LogP contribution in [0.25, 0.3) is 11.4 Å². The molecule has 6 nitrogen and oxygen atoms in total. The zero-order valence-corrected chi connectivity index (χ0v) is 15.0. The van der Waals surface area contributed by atoms with E-state index < -0.39 is 0 Å². The average Bonchev–Trinajstić information content (AvgIpc) is 2.65. The molecule has 0 bridgehead atoms. The van der Waals surface area contributed by atoms with E-state index in [9.17, 15) is 4.79 Å². The van der Waals surface area contributed by atoms with Crippen molar-refractivity contribution < 1.29 is 0 Å². The van der Waals surface area contributed by atoms with Crippen LogP contribution in [-0.4, -0.2) is 31.4 Å². The van der Waals surface area contributed by atoms with E-state index >= 15 is 0 Å². The first-order valence-corrected chi connectivity index (χ1v) is 8.83. The van der Waals surface area contributed by atoms with Gasteiger partial charge in [0.1, 0.15) is 10.4 Å². The third-order valence-electron chi connectivity index (χ3n) is 4.30. The predicted octanol–water partition coefficient (Wildman–Crippen LogP) is 2.55. The lowest BCUT2D eigenvalue weighted by Crippen LogP contribution is -2.35. The number of aromatic nitrogens is 4. The van der Waals surface area contributed by atoms with Crippen molar-refractivity contribution in [1.82, 2.24) is 24.8 Å². The van der Waals surface area contributed by atoms with Crippen LogP contribution in [-0.2, 0) is 19.5 Å². The van der Waals surface area contributed by atoms with Crippen molar-refractivity contribution in [3.8, 4) is 11.4 Å². The zero-order valence-electron chi connectivity index (χ0n) is 13.4. The number of aromatic amines is 1. The summed E-state index contributed by atoms with van der Waals surface area (Å²) in [5.74, 6) is 0.608. The van der Waals surface area contributed by atoms with Crippen LogP contribution in [0.3, 0.4) is 0 Å². The summed E-state index contributed by atoms with van der Waals surface area (Å²) < 4.78 is 0.824. The molecule has 25 heavy (non-hydrogen) atoms. The zero-order chi connectivity index (χ0) is 17.2. The normalized spacial score (nSPS) is 14.3. The summed E-state index contributed by atoms with van der Waals surface area (Å²) in [6, 6.07) is 7.67. The standard InChI is InChI=1S/C18H16BrN5O/c19-16-2-1-12(9-21-16)10-24-8-5-15-14(11-24)18(25)23-17(22-15)13-3-6-20-7-4-13/h1-4,6-7,9H,5,8,10-11H2,(H,22,23,25). The van der Waals surface area contributed by atoms with E-state index in [-0.39, 0.29) is 5.56 Å². The quantitative estimate of drug-likeness (QED) is 0.687. The van der Waals surface area contributed by atoms with Gasteiger partial charge in [-0.2, -0.15) is 0 Å². The Morgan fingerprint density at radius 1 is 1.20 bits per heavy atom. The van der Waals surface area contributed by atoms with Crippen LogP contribution >= 0.6 is 15.9 Å². The molecule has 3 aromatic rings. The van der Waals surface area contributed by atoms with E-state index in [0.29, 0.717) is 12.4 Å². The van der Waals surface area contributed by atoms with E-state index in [1.165, 1.54) is 0 Å². The monoisotopic (exact) mass is 397 g/mol. The Balaban J connectivity index is 1.57. The number of halogens is 1. The van der Waals surface area contributed by atoms with Gasteiger partial charge in [0.15, 0.2) is 0 Å². The second kappa shape index (κ2) is 6.85. The summed E-state index contributed by atoms with van der Waals surface area (Å²) >= 11 is 3.35. The fourth-order valence-electron chi connectivity index (χ4n) is 3.02. The van der Waals surface area contributed by atoms with Gasteiger partial charge >= 0.3 is 0 Å². The smallest absolute Gasteiger partial charge is 0.255 e. The summed E-state index contributed by atoms with van der Waals surface area (Å²) in [6.45, 7) is 2.24. The van der Waals surface area contributed by atoms with Gasteiger partial charge in [0, 0.05) is 50.2 Å². The molecule has 0 aliphatic carbocycles. The summed E-state index contributed by atoms with van der Waals surface area (Å²) in [7, 11) is 0. The van der Waals surface area contributed by atoms with Gasteiger partial charge < -0.3 is 4.98 Å². The second-order valence-electron chi connectivity index (χ2n) is 6.03. The maximum Gasteiger partial charge on any atom is 0.255 e. The number of rotatable bonds is 3. The third-order valence-corrected chi connectivity index (χ3v) is 4.77. The Hall–Kier alpha value is -2.38. The van der Waals surface area contributed by atoms with Crippen LogP contribution in [0.5, 0.6) is 0 Å². The molecule has 0 saturated carbocycles. The third kappa shape index (κ3) is 3.52. The molecule has 0 saturated heterocycles. The van der Waals surface area contributed by atoms with Crippen LogP contribution in [0.2, 0.25) is 0 Å². The van der Waals surface area contributed by atoms with Crippen molar-refractivity contribution in [3.63, 3.8) is 0 Å². The molecular weight excluding hydrogens is 382 g/mol. The summed E-state index contributed by atoms with van der Waals surface area (Å²) in [6.07, 6.45) is 6.02. The molecule has 1 aliphatic heterocycles. The highest BCUT2D eigenvalue weighted by Crippen LogP contribution is 2.19. The first-order chi connectivity index (χ1) is 12.2. The summed E-state index contributed by atoms with van der Waals surface area (Å²) in [5, 5.41) is 0. The maximum absolute atomic E-state index is 12.5. The number of hydrogen-bond acceptors (Lipinski definition) is 5. The van der Waals surface area contributed by atoms with E-state index in [2.05, 4.69) is 40.8 Å². The van der Waals surface area contributed by atoms with Crippen molar-refractivity contribution >= 4 is 15.9 Å². The fraction of sp³-hybridized carbons (Fsp3) is 0.222. The molecule has 4 rings (SSSR count). The second-order valence-corrected chi connectivity index (χ2v) is 6.84. The fourth-order valence-corrected chi connectivity index (χ4v) is 3.26. The van der Waals surface area contributed by atoms with Crippen LogP contribution in [0.4, 0.5) is 0 Å². The highest BCUT2D eigenvalue weighted by Gasteiger charge is 2.21. The first kappa shape index (κ1) is 16.1. The Kier molecular flexibility index (Phi) is 4.42. The van der Waals surface area contributed by atoms with Gasteiger partial charge in [-0.1, -0.05) is 6.07 Å². The van der Waals surface area contributed by atoms with Gasteiger partial charge in [-0.05, 0) is 39.7 Å². The lowest BCUT2D eigenvalue weighted by atomic mass is 10.1. The van der Waals surface area contributed by atoms with Gasteiger partial charge in [-0.3, -0.25) is 14.7 Å². The topological polar surface area (TPSA) is 74.8 Å². The van der Waals surface area contributed by atoms with E-state index in [1.54, 1.807) is 12.4 Å². The maximum atomic E-state index is 12.5. The van der Waals surface area contributed by atoms with Crippen LogP contribution in [0, 0.1) is 0 Å². The Bertz CT molecular complexity index is 940. The average molecular weight is 398 g/mol. The SMILES string of the molecule is O=c1[nH]c(-c2ccncc2)nc2c1CN(Cc1ccc(Br)nc1)CC2. The van der Waals surface area contributed by atoms with Crippen molar-refractivity contribution in [2.45, 2.75) is 19.5 Å². The van der Waals surface area contributed by atoms with Crippen LogP contribution in [0.1, 0.15) is 16.8 Å². The first-order valence-electron chi connectivity index (χ1n) is 8.04. The number of pyridine rings is 2. The summed E-state index contributed by atoms with van der Waals surface area (Å²) in [5.41, 5.74) is 3.59. The molecule has 4 heterocycles. The molecule has 0 radical (unpaired) electrons. The Morgan fingerprint density at radius 2 is 2.04 bits per heavy atom. The van der Waals surface area contributed by atoms with Crippen LogP contribution < -0.4 is 5.56 Å². The highest BCUT2D eigenvalue weighted by atomic mass is 79.9. The van der Waals surface area contributed by atoms with E-state index in [1.807, 2.05) is 30.5 Å².